The molecule has 2 aromatic carbocycles. The molecule has 3 rings (SSSR count). The first-order valence-electron chi connectivity index (χ1n) is 7.64. The highest BCUT2D eigenvalue weighted by atomic mass is 19.1. The van der Waals surface area contributed by atoms with Gasteiger partial charge in [0.05, 0.1) is 21.3 Å². The summed E-state index contributed by atoms with van der Waals surface area (Å²) in [5.74, 6) is 0.393. The average Bonchev–Trinajstić information content (AvgIpc) is 3.02. The monoisotopic (exact) mass is 357 g/mol. The zero-order valence-corrected chi connectivity index (χ0v) is 14.4. The fourth-order valence-corrected chi connectivity index (χ4v) is 2.47. The molecule has 7 heteroatoms. The molecule has 2 aromatic rings. The van der Waals surface area contributed by atoms with Gasteiger partial charge >= 0.3 is 5.97 Å². The summed E-state index contributed by atoms with van der Waals surface area (Å²) in [5.41, 5.74) is 0.997. The van der Waals surface area contributed by atoms with Gasteiger partial charge in [0.2, 0.25) is 5.90 Å². The third-order valence-electron chi connectivity index (χ3n) is 3.72. The molecular formula is C19H16FNO5. The first-order chi connectivity index (χ1) is 12.5. The number of halogens is 1. The van der Waals surface area contributed by atoms with E-state index in [0.29, 0.717) is 28.4 Å². The number of ether oxygens (including phenoxy) is 4. The van der Waals surface area contributed by atoms with Gasteiger partial charge in [0, 0.05) is 17.2 Å². The van der Waals surface area contributed by atoms with Gasteiger partial charge in [-0.1, -0.05) is 6.07 Å². The molecule has 0 bridgehead atoms. The topological polar surface area (TPSA) is 66.3 Å². The van der Waals surface area contributed by atoms with E-state index in [9.17, 15) is 9.18 Å². The Kier molecular flexibility index (Phi) is 4.88. The lowest BCUT2D eigenvalue weighted by Gasteiger charge is -2.12. The highest BCUT2D eigenvalue weighted by Gasteiger charge is 2.25. The minimum absolute atomic E-state index is 0.0418. The number of carbonyl (C=O) groups is 1. The lowest BCUT2D eigenvalue weighted by molar-refractivity contribution is -0.129. The Morgan fingerprint density at radius 1 is 1.00 bits per heavy atom. The van der Waals surface area contributed by atoms with Crippen molar-refractivity contribution >= 4 is 17.9 Å². The number of benzene rings is 2. The second kappa shape index (κ2) is 7.26. The van der Waals surface area contributed by atoms with Crippen LogP contribution in [0.1, 0.15) is 11.1 Å². The van der Waals surface area contributed by atoms with E-state index in [-0.39, 0.29) is 11.6 Å². The third kappa shape index (κ3) is 3.37. The van der Waals surface area contributed by atoms with Crippen molar-refractivity contribution in [1.29, 1.82) is 0 Å². The normalized spacial score (nSPS) is 14.8. The maximum atomic E-state index is 13.4. The van der Waals surface area contributed by atoms with Crippen LogP contribution < -0.4 is 14.2 Å². The van der Waals surface area contributed by atoms with Gasteiger partial charge in [-0.05, 0) is 30.3 Å². The Morgan fingerprint density at radius 3 is 2.35 bits per heavy atom. The van der Waals surface area contributed by atoms with Crippen molar-refractivity contribution in [3.05, 3.63) is 59.0 Å². The van der Waals surface area contributed by atoms with E-state index in [1.165, 1.54) is 45.6 Å². The zero-order chi connectivity index (χ0) is 18.7. The summed E-state index contributed by atoms with van der Waals surface area (Å²) in [6, 6.07) is 8.96. The maximum absolute atomic E-state index is 13.4. The molecule has 0 fully saturated rings. The predicted molar refractivity (Wildman–Crippen MR) is 93.1 cm³/mol. The van der Waals surface area contributed by atoms with Crippen molar-refractivity contribution in [2.24, 2.45) is 4.99 Å². The Morgan fingerprint density at radius 2 is 1.69 bits per heavy atom. The van der Waals surface area contributed by atoms with Gasteiger partial charge in [0.1, 0.15) is 11.6 Å². The minimum Gasteiger partial charge on any atom is -0.496 e. The molecule has 0 spiro atoms. The lowest BCUT2D eigenvalue weighted by atomic mass is 10.1. The van der Waals surface area contributed by atoms with Crippen LogP contribution in [-0.2, 0) is 9.53 Å². The van der Waals surface area contributed by atoms with Crippen LogP contribution in [0.4, 0.5) is 4.39 Å². The number of esters is 1. The van der Waals surface area contributed by atoms with Gasteiger partial charge in [-0.2, -0.15) is 0 Å². The summed E-state index contributed by atoms with van der Waals surface area (Å²) >= 11 is 0. The fourth-order valence-electron chi connectivity index (χ4n) is 2.47. The van der Waals surface area contributed by atoms with E-state index in [1.807, 2.05) is 0 Å². The second-order valence-corrected chi connectivity index (χ2v) is 5.30. The van der Waals surface area contributed by atoms with Crippen molar-refractivity contribution < 1.29 is 28.1 Å². The molecule has 0 saturated heterocycles. The summed E-state index contributed by atoms with van der Waals surface area (Å²) in [4.78, 5) is 16.3. The Balaban J connectivity index is 2.03. The molecular weight excluding hydrogens is 341 g/mol. The Labute approximate surface area is 149 Å². The van der Waals surface area contributed by atoms with Gasteiger partial charge < -0.3 is 18.9 Å². The zero-order valence-electron chi connectivity index (χ0n) is 14.4. The SMILES string of the molecule is COc1cc(OC)c(OC)cc1/C=C1\N=C(c2cccc(F)c2)OC1=O. The van der Waals surface area contributed by atoms with E-state index < -0.39 is 11.8 Å². The summed E-state index contributed by atoms with van der Waals surface area (Å²) < 4.78 is 34.3. The van der Waals surface area contributed by atoms with Gasteiger partial charge in [0.25, 0.3) is 0 Å². The number of aliphatic imine (C=N–C) groups is 1. The smallest absolute Gasteiger partial charge is 0.363 e. The van der Waals surface area contributed by atoms with Crippen molar-refractivity contribution in [2.75, 3.05) is 21.3 Å². The molecule has 1 aliphatic heterocycles. The van der Waals surface area contributed by atoms with E-state index >= 15 is 0 Å². The van der Waals surface area contributed by atoms with Crippen LogP contribution >= 0.6 is 0 Å². The van der Waals surface area contributed by atoms with Crippen molar-refractivity contribution in [1.82, 2.24) is 0 Å². The van der Waals surface area contributed by atoms with E-state index in [0.717, 1.165) is 0 Å². The number of hydrogen-bond donors (Lipinski definition) is 0. The highest BCUT2D eigenvalue weighted by molar-refractivity contribution is 6.13. The van der Waals surface area contributed by atoms with Crippen LogP contribution in [0.15, 0.2) is 47.1 Å². The van der Waals surface area contributed by atoms with Gasteiger partial charge in [0.15, 0.2) is 17.2 Å². The summed E-state index contributed by atoms with van der Waals surface area (Å²) in [5, 5.41) is 0. The van der Waals surface area contributed by atoms with Crippen molar-refractivity contribution in [2.45, 2.75) is 0 Å². The van der Waals surface area contributed by atoms with E-state index in [4.69, 9.17) is 18.9 Å². The molecule has 1 heterocycles. The Bertz CT molecular complexity index is 920. The molecule has 0 saturated carbocycles. The molecule has 0 radical (unpaired) electrons. The quantitative estimate of drug-likeness (QED) is 0.607. The summed E-state index contributed by atoms with van der Waals surface area (Å²) in [6.07, 6.45) is 1.51. The number of nitrogens with zero attached hydrogens (tertiary/aromatic N) is 1. The van der Waals surface area contributed by atoms with Gasteiger partial charge in [-0.25, -0.2) is 14.2 Å². The Hall–Kier alpha value is -3.35. The molecule has 0 N–H and O–H groups in total. The molecule has 134 valence electrons. The molecule has 26 heavy (non-hydrogen) atoms. The van der Waals surface area contributed by atoms with Crippen LogP contribution in [0.2, 0.25) is 0 Å². The summed E-state index contributed by atoms with van der Waals surface area (Å²) in [6.45, 7) is 0. The molecule has 0 amide bonds. The number of cyclic esters (lactones) is 1. The maximum Gasteiger partial charge on any atom is 0.363 e. The third-order valence-corrected chi connectivity index (χ3v) is 3.72. The number of hydrogen-bond acceptors (Lipinski definition) is 6. The molecule has 0 aliphatic carbocycles. The van der Waals surface area contributed by atoms with E-state index in [1.54, 1.807) is 18.2 Å². The first kappa shape index (κ1) is 17.5. The van der Waals surface area contributed by atoms with Crippen LogP contribution in [0.5, 0.6) is 17.2 Å². The minimum atomic E-state index is -0.638. The largest absolute Gasteiger partial charge is 0.496 e. The van der Waals surface area contributed by atoms with Crippen LogP contribution in [0, 0.1) is 5.82 Å². The molecule has 0 aromatic heterocycles. The van der Waals surface area contributed by atoms with Gasteiger partial charge in [-0.15, -0.1) is 0 Å². The second-order valence-electron chi connectivity index (χ2n) is 5.30. The fraction of sp³-hybridized carbons (Fsp3) is 0.158. The van der Waals surface area contributed by atoms with Crippen molar-refractivity contribution in [3.63, 3.8) is 0 Å². The average molecular weight is 357 g/mol. The molecule has 0 unspecified atom stereocenters. The molecule has 6 nitrogen and oxygen atoms in total. The standard InChI is InChI=1S/C19H16FNO5/c1-23-15-10-17(25-3)16(24-2)9-12(15)8-14-19(22)26-18(21-14)11-5-4-6-13(20)7-11/h4-10H,1-3H3/b14-8-. The van der Waals surface area contributed by atoms with Crippen molar-refractivity contribution in [3.8, 4) is 17.2 Å². The number of methoxy groups -OCH3 is 3. The number of carbonyl (C=O) groups excluding carboxylic acids is 1. The number of rotatable bonds is 5. The first-order valence-corrected chi connectivity index (χ1v) is 7.64. The predicted octanol–water partition coefficient (Wildman–Crippen LogP) is 3.20. The van der Waals surface area contributed by atoms with Gasteiger partial charge in [-0.3, -0.25) is 0 Å². The van der Waals surface area contributed by atoms with Crippen LogP contribution in [-0.4, -0.2) is 33.2 Å². The van der Waals surface area contributed by atoms with Crippen LogP contribution in [0.25, 0.3) is 6.08 Å². The van der Waals surface area contributed by atoms with Crippen LogP contribution in [0.3, 0.4) is 0 Å². The molecule has 0 atom stereocenters. The highest BCUT2D eigenvalue weighted by Crippen LogP contribution is 2.36. The lowest BCUT2D eigenvalue weighted by Crippen LogP contribution is -2.05. The molecule has 1 aliphatic rings. The van der Waals surface area contributed by atoms with E-state index in [2.05, 4.69) is 4.99 Å². The summed E-state index contributed by atoms with van der Waals surface area (Å²) in [7, 11) is 4.52.